The smallest absolute Gasteiger partial charge is 0.251 e. The summed E-state index contributed by atoms with van der Waals surface area (Å²) in [7, 11) is -2.10. The monoisotopic (exact) mass is 388 g/mol. The van der Waals surface area contributed by atoms with Crippen molar-refractivity contribution >= 4 is 15.9 Å². The second kappa shape index (κ2) is 8.21. The molecule has 2 N–H and O–H groups in total. The van der Waals surface area contributed by atoms with Crippen LogP contribution in [-0.2, 0) is 20.3 Å². The van der Waals surface area contributed by atoms with Crippen LogP contribution in [0.2, 0.25) is 0 Å². The lowest BCUT2D eigenvalue weighted by Gasteiger charge is -2.43. The van der Waals surface area contributed by atoms with Crippen molar-refractivity contribution < 1.29 is 17.9 Å². The van der Waals surface area contributed by atoms with E-state index < -0.39 is 10.0 Å². The van der Waals surface area contributed by atoms with Crippen LogP contribution < -0.4 is 10.0 Å². The molecule has 6 nitrogen and oxygen atoms in total. The molecule has 0 spiro atoms. The number of hydrogen-bond donors (Lipinski definition) is 2. The van der Waals surface area contributed by atoms with Gasteiger partial charge in [-0.15, -0.1) is 0 Å². The molecule has 27 heavy (non-hydrogen) atoms. The number of carbonyl (C=O) groups is 1. The van der Waals surface area contributed by atoms with Crippen molar-refractivity contribution in [1.29, 1.82) is 0 Å². The van der Waals surface area contributed by atoms with Crippen LogP contribution in [0.4, 0.5) is 0 Å². The molecule has 144 valence electrons. The predicted molar refractivity (Wildman–Crippen MR) is 103 cm³/mol. The lowest BCUT2D eigenvalue weighted by atomic mass is 9.71. The molecule has 0 aliphatic heterocycles. The number of ether oxygens (including phenoxy) is 1. The molecule has 0 bridgehead atoms. The van der Waals surface area contributed by atoms with E-state index in [4.69, 9.17) is 4.74 Å². The third kappa shape index (κ3) is 4.37. The highest BCUT2D eigenvalue weighted by Gasteiger charge is 2.40. The Hall–Kier alpha value is -2.22. The number of benzene rings is 2. The molecule has 7 heteroatoms. The molecule has 1 aliphatic rings. The highest BCUT2D eigenvalue weighted by atomic mass is 32.2. The quantitative estimate of drug-likeness (QED) is 0.680. The molecule has 3 rings (SSSR count). The third-order valence-corrected chi connectivity index (χ3v) is 6.39. The van der Waals surface area contributed by atoms with Gasteiger partial charge >= 0.3 is 0 Å². The molecule has 1 saturated carbocycles. The van der Waals surface area contributed by atoms with E-state index in [0.29, 0.717) is 12.2 Å². The molecule has 0 atom stereocenters. The van der Waals surface area contributed by atoms with Crippen molar-refractivity contribution in [1.82, 2.24) is 10.0 Å². The Morgan fingerprint density at radius 1 is 1.07 bits per heavy atom. The maximum Gasteiger partial charge on any atom is 0.251 e. The Balaban J connectivity index is 1.71. The predicted octanol–water partition coefficient (Wildman–Crippen LogP) is 2.42. The van der Waals surface area contributed by atoms with Crippen LogP contribution in [0.25, 0.3) is 0 Å². The average Bonchev–Trinajstić information content (AvgIpc) is 2.65. The van der Waals surface area contributed by atoms with Gasteiger partial charge in [-0.25, -0.2) is 13.1 Å². The Morgan fingerprint density at radius 2 is 1.74 bits per heavy atom. The fraction of sp³-hybridized carbons (Fsp3) is 0.350. The molecule has 1 aliphatic carbocycles. The first-order valence-corrected chi connectivity index (χ1v) is 10.4. The zero-order valence-electron chi connectivity index (χ0n) is 15.3. The standard InChI is InChI=1S/C20H24N2O4S/c1-26-15-14-21-27(24,25)18-10-8-16(9-11-18)19(23)22-20(12-5-13-20)17-6-3-2-4-7-17/h2-4,6-11,21H,5,12-15H2,1H3,(H,22,23). The number of amides is 1. The van der Waals surface area contributed by atoms with Crippen molar-refractivity contribution in [3.63, 3.8) is 0 Å². The van der Waals surface area contributed by atoms with E-state index in [-0.39, 0.29) is 22.9 Å². The maximum atomic E-state index is 12.7. The minimum atomic E-state index is -3.61. The van der Waals surface area contributed by atoms with Gasteiger partial charge in [-0.05, 0) is 49.1 Å². The SMILES string of the molecule is COCCNS(=O)(=O)c1ccc(C(=O)NC2(c3ccccc3)CCC2)cc1. The summed E-state index contributed by atoms with van der Waals surface area (Å²) >= 11 is 0. The maximum absolute atomic E-state index is 12.7. The minimum absolute atomic E-state index is 0.122. The summed E-state index contributed by atoms with van der Waals surface area (Å²) in [6.45, 7) is 0.488. The van der Waals surface area contributed by atoms with E-state index in [1.54, 1.807) is 0 Å². The number of methoxy groups -OCH3 is 1. The van der Waals surface area contributed by atoms with E-state index in [0.717, 1.165) is 24.8 Å². The van der Waals surface area contributed by atoms with Crippen molar-refractivity contribution in [2.75, 3.05) is 20.3 Å². The van der Waals surface area contributed by atoms with Gasteiger partial charge in [-0.3, -0.25) is 4.79 Å². The first-order chi connectivity index (χ1) is 13.0. The molecule has 0 aromatic heterocycles. The summed E-state index contributed by atoms with van der Waals surface area (Å²) in [4.78, 5) is 12.8. The van der Waals surface area contributed by atoms with Crippen molar-refractivity contribution in [3.05, 3.63) is 65.7 Å². The average molecular weight is 388 g/mol. The Morgan fingerprint density at radius 3 is 2.30 bits per heavy atom. The van der Waals surface area contributed by atoms with E-state index >= 15 is 0 Å². The van der Waals surface area contributed by atoms with Crippen LogP contribution >= 0.6 is 0 Å². The van der Waals surface area contributed by atoms with Gasteiger partial charge in [-0.2, -0.15) is 0 Å². The third-order valence-electron chi connectivity index (χ3n) is 4.91. The summed E-state index contributed by atoms with van der Waals surface area (Å²) < 4.78 is 31.7. The minimum Gasteiger partial charge on any atom is -0.383 e. The number of hydrogen-bond acceptors (Lipinski definition) is 4. The molecular formula is C20H24N2O4S. The van der Waals surface area contributed by atoms with Crippen LogP contribution in [0.15, 0.2) is 59.5 Å². The van der Waals surface area contributed by atoms with E-state index in [2.05, 4.69) is 10.0 Å². The number of rotatable bonds is 8. The number of nitrogens with one attached hydrogen (secondary N) is 2. The van der Waals surface area contributed by atoms with Gasteiger partial charge in [0.05, 0.1) is 17.0 Å². The van der Waals surface area contributed by atoms with Crippen LogP contribution in [-0.4, -0.2) is 34.6 Å². The van der Waals surface area contributed by atoms with Gasteiger partial charge in [-0.1, -0.05) is 30.3 Å². The second-order valence-corrected chi connectivity index (χ2v) is 8.44. The molecule has 0 radical (unpaired) electrons. The van der Waals surface area contributed by atoms with Gasteiger partial charge in [0.2, 0.25) is 10.0 Å². The van der Waals surface area contributed by atoms with E-state index in [9.17, 15) is 13.2 Å². The largest absolute Gasteiger partial charge is 0.383 e. The molecule has 0 unspecified atom stereocenters. The number of sulfonamides is 1. The molecule has 2 aromatic rings. The summed E-state index contributed by atoms with van der Waals surface area (Å²) in [6, 6.07) is 15.9. The fourth-order valence-electron chi connectivity index (χ4n) is 3.21. The van der Waals surface area contributed by atoms with Crippen molar-refractivity contribution in [3.8, 4) is 0 Å². The van der Waals surface area contributed by atoms with Crippen LogP contribution in [0.5, 0.6) is 0 Å². The molecular weight excluding hydrogens is 364 g/mol. The van der Waals surface area contributed by atoms with Gasteiger partial charge in [0.15, 0.2) is 0 Å². The van der Waals surface area contributed by atoms with E-state index in [1.165, 1.54) is 31.4 Å². The lowest BCUT2D eigenvalue weighted by molar-refractivity contribution is 0.0823. The topological polar surface area (TPSA) is 84.5 Å². The summed E-state index contributed by atoms with van der Waals surface area (Å²) in [5.74, 6) is -0.199. The molecule has 1 amide bonds. The van der Waals surface area contributed by atoms with Crippen LogP contribution in [0, 0.1) is 0 Å². The molecule has 2 aromatic carbocycles. The summed E-state index contributed by atoms with van der Waals surface area (Å²) in [5.41, 5.74) is 1.21. The van der Waals surface area contributed by atoms with Crippen LogP contribution in [0.3, 0.4) is 0 Å². The summed E-state index contributed by atoms with van der Waals surface area (Å²) in [5, 5.41) is 3.14. The zero-order valence-corrected chi connectivity index (χ0v) is 16.1. The van der Waals surface area contributed by atoms with E-state index in [1.807, 2.05) is 30.3 Å². The Kier molecular flexibility index (Phi) is 5.94. The molecule has 1 fully saturated rings. The fourth-order valence-corrected chi connectivity index (χ4v) is 4.22. The van der Waals surface area contributed by atoms with Gasteiger partial charge in [0, 0.05) is 19.2 Å². The van der Waals surface area contributed by atoms with Crippen molar-refractivity contribution in [2.45, 2.75) is 29.7 Å². The summed E-state index contributed by atoms with van der Waals surface area (Å²) in [6.07, 6.45) is 2.87. The molecule has 0 saturated heterocycles. The first-order valence-electron chi connectivity index (χ1n) is 8.94. The zero-order chi connectivity index (χ0) is 19.3. The van der Waals surface area contributed by atoms with Gasteiger partial charge in [0.25, 0.3) is 5.91 Å². The van der Waals surface area contributed by atoms with Crippen LogP contribution in [0.1, 0.15) is 35.2 Å². The highest BCUT2D eigenvalue weighted by molar-refractivity contribution is 7.89. The Bertz CT molecular complexity index is 876. The second-order valence-electron chi connectivity index (χ2n) is 6.67. The first kappa shape index (κ1) is 19.5. The van der Waals surface area contributed by atoms with Gasteiger partial charge < -0.3 is 10.1 Å². The normalized spacial score (nSPS) is 15.7. The lowest BCUT2D eigenvalue weighted by Crippen LogP contribution is -2.50. The Labute approximate surface area is 160 Å². The highest BCUT2D eigenvalue weighted by Crippen LogP contribution is 2.41. The van der Waals surface area contributed by atoms with Gasteiger partial charge in [0.1, 0.15) is 0 Å². The van der Waals surface area contributed by atoms with Crippen molar-refractivity contribution in [2.24, 2.45) is 0 Å². The molecule has 0 heterocycles. The number of carbonyl (C=O) groups excluding carboxylic acids is 1.